The van der Waals surface area contributed by atoms with Gasteiger partial charge in [0.05, 0.1) is 0 Å². The Morgan fingerprint density at radius 1 is 1.20 bits per heavy atom. The van der Waals surface area contributed by atoms with Crippen molar-refractivity contribution in [2.24, 2.45) is 11.1 Å². The van der Waals surface area contributed by atoms with Gasteiger partial charge in [0, 0.05) is 11.1 Å². The van der Waals surface area contributed by atoms with Gasteiger partial charge >= 0.3 is 0 Å². The largest absolute Gasteiger partial charge is 0.330 e. The molecule has 0 aliphatic carbocycles. The first-order valence-corrected chi connectivity index (χ1v) is 7.89. The molecule has 0 aliphatic rings. The lowest BCUT2D eigenvalue weighted by atomic mass is 9.84. The Balaban J connectivity index is 2.42. The number of nitrogens with zero attached hydrogens (tertiary/aromatic N) is 1. The molecule has 0 radical (unpaired) electrons. The van der Waals surface area contributed by atoms with E-state index in [4.69, 9.17) is 17.3 Å². The van der Waals surface area contributed by atoms with Gasteiger partial charge in [-0.1, -0.05) is 37.6 Å². The number of rotatable bonds is 8. The molecule has 0 aliphatic heterocycles. The Morgan fingerprint density at radius 2 is 1.80 bits per heavy atom. The summed E-state index contributed by atoms with van der Waals surface area (Å²) in [7, 11) is 2.19. The molecule has 1 aromatic carbocycles. The molecule has 20 heavy (non-hydrogen) atoms. The quantitative estimate of drug-likeness (QED) is 0.766. The maximum atomic E-state index is 5.94. The van der Waals surface area contributed by atoms with Gasteiger partial charge in [-0.05, 0) is 69.4 Å². The Bertz CT molecular complexity index is 386. The monoisotopic (exact) mass is 296 g/mol. The third kappa shape index (κ3) is 5.82. The van der Waals surface area contributed by atoms with E-state index in [0.29, 0.717) is 11.5 Å². The highest BCUT2D eigenvalue weighted by atomic mass is 35.5. The van der Waals surface area contributed by atoms with E-state index in [2.05, 4.69) is 44.9 Å². The lowest BCUT2D eigenvalue weighted by Gasteiger charge is -2.28. The third-order valence-electron chi connectivity index (χ3n) is 4.20. The predicted molar refractivity (Wildman–Crippen MR) is 89.2 cm³/mol. The Labute approximate surface area is 129 Å². The molecule has 0 fully saturated rings. The molecule has 0 amide bonds. The minimum Gasteiger partial charge on any atom is -0.330 e. The standard InChI is InChI=1S/C17H29ClN2/c1-14(15-6-8-16(18)9-7-15)20(4)13-5-10-17(2,3)11-12-19/h6-9,14H,5,10-13,19H2,1-4H3. The zero-order valence-electron chi connectivity index (χ0n) is 13.3. The Hall–Kier alpha value is -0.570. The van der Waals surface area contributed by atoms with E-state index in [1.165, 1.54) is 18.4 Å². The highest BCUT2D eigenvalue weighted by Crippen LogP contribution is 2.27. The van der Waals surface area contributed by atoms with Gasteiger partial charge in [0.1, 0.15) is 0 Å². The smallest absolute Gasteiger partial charge is 0.0406 e. The van der Waals surface area contributed by atoms with E-state index in [-0.39, 0.29) is 0 Å². The van der Waals surface area contributed by atoms with Crippen LogP contribution in [-0.4, -0.2) is 25.0 Å². The van der Waals surface area contributed by atoms with Crippen LogP contribution in [0, 0.1) is 5.41 Å². The van der Waals surface area contributed by atoms with Crippen molar-refractivity contribution in [3.63, 3.8) is 0 Å². The van der Waals surface area contributed by atoms with Crippen LogP contribution in [0.1, 0.15) is 51.6 Å². The molecule has 114 valence electrons. The first-order valence-electron chi connectivity index (χ1n) is 7.51. The van der Waals surface area contributed by atoms with Crippen LogP contribution in [0.4, 0.5) is 0 Å². The molecule has 0 heterocycles. The van der Waals surface area contributed by atoms with Crippen molar-refractivity contribution in [2.75, 3.05) is 20.1 Å². The van der Waals surface area contributed by atoms with Crippen molar-refractivity contribution in [1.82, 2.24) is 4.90 Å². The zero-order chi connectivity index (χ0) is 15.2. The van der Waals surface area contributed by atoms with Gasteiger partial charge in [0.15, 0.2) is 0 Å². The summed E-state index contributed by atoms with van der Waals surface area (Å²) >= 11 is 5.94. The van der Waals surface area contributed by atoms with Crippen LogP contribution in [-0.2, 0) is 0 Å². The van der Waals surface area contributed by atoms with Crippen molar-refractivity contribution in [1.29, 1.82) is 0 Å². The number of benzene rings is 1. The highest BCUT2D eigenvalue weighted by molar-refractivity contribution is 6.30. The second-order valence-corrected chi connectivity index (χ2v) is 6.95. The Morgan fingerprint density at radius 3 is 2.35 bits per heavy atom. The minimum absolute atomic E-state index is 0.360. The van der Waals surface area contributed by atoms with Crippen LogP contribution in [0.5, 0.6) is 0 Å². The molecule has 0 aromatic heterocycles. The Kier molecular flexibility index (Phi) is 7.01. The van der Waals surface area contributed by atoms with Gasteiger partial charge in [0.25, 0.3) is 0 Å². The SMILES string of the molecule is CC(c1ccc(Cl)cc1)N(C)CCCC(C)(C)CCN. The molecule has 0 spiro atoms. The fourth-order valence-corrected chi connectivity index (χ4v) is 2.64. The van der Waals surface area contributed by atoms with Crippen molar-refractivity contribution in [2.45, 2.75) is 46.1 Å². The van der Waals surface area contributed by atoms with Crippen molar-refractivity contribution in [3.05, 3.63) is 34.9 Å². The molecule has 0 bridgehead atoms. The molecular weight excluding hydrogens is 268 g/mol. The predicted octanol–water partition coefficient (Wildman–Crippen LogP) is 4.49. The van der Waals surface area contributed by atoms with Gasteiger partial charge in [0.2, 0.25) is 0 Å². The van der Waals surface area contributed by atoms with E-state index in [9.17, 15) is 0 Å². The number of nitrogens with two attached hydrogens (primary N) is 1. The fraction of sp³-hybridized carbons (Fsp3) is 0.647. The molecular formula is C17H29ClN2. The van der Waals surface area contributed by atoms with Crippen molar-refractivity contribution < 1.29 is 0 Å². The fourth-order valence-electron chi connectivity index (χ4n) is 2.51. The number of halogens is 1. The molecule has 0 saturated heterocycles. The van der Waals surface area contributed by atoms with Gasteiger partial charge in [-0.25, -0.2) is 0 Å². The second kappa shape index (κ2) is 8.02. The van der Waals surface area contributed by atoms with Crippen LogP contribution < -0.4 is 5.73 Å². The van der Waals surface area contributed by atoms with E-state index in [1.54, 1.807) is 0 Å². The maximum Gasteiger partial charge on any atom is 0.0406 e. The summed E-state index contributed by atoms with van der Waals surface area (Å²) in [6, 6.07) is 8.57. The van der Waals surface area contributed by atoms with Gasteiger partial charge in [-0.3, -0.25) is 4.90 Å². The molecule has 1 rings (SSSR count). The highest BCUT2D eigenvalue weighted by Gasteiger charge is 2.17. The maximum absolute atomic E-state index is 5.94. The lowest BCUT2D eigenvalue weighted by molar-refractivity contribution is 0.227. The van der Waals surface area contributed by atoms with Crippen LogP contribution >= 0.6 is 11.6 Å². The van der Waals surface area contributed by atoms with Crippen molar-refractivity contribution in [3.8, 4) is 0 Å². The van der Waals surface area contributed by atoms with Crippen LogP contribution in [0.25, 0.3) is 0 Å². The summed E-state index contributed by atoms with van der Waals surface area (Å²) in [5, 5.41) is 0.798. The van der Waals surface area contributed by atoms with Crippen LogP contribution in [0.15, 0.2) is 24.3 Å². The average molecular weight is 297 g/mol. The number of hydrogen-bond acceptors (Lipinski definition) is 2. The summed E-state index contributed by atoms with van der Waals surface area (Å²) in [4.78, 5) is 2.40. The topological polar surface area (TPSA) is 29.3 Å². The molecule has 2 N–H and O–H groups in total. The molecule has 2 nitrogen and oxygen atoms in total. The van der Waals surface area contributed by atoms with Gasteiger partial charge in [-0.2, -0.15) is 0 Å². The molecule has 1 aromatic rings. The minimum atomic E-state index is 0.360. The first-order chi connectivity index (χ1) is 9.35. The summed E-state index contributed by atoms with van der Waals surface area (Å²) in [5.41, 5.74) is 7.34. The summed E-state index contributed by atoms with van der Waals surface area (Å²) in [5.74, 6) is 0. The summed E-state index contributed by atoms with van der Waals surface area (Å²) in [6.45, 7) is 8.75. The first kappa shape index (κ1) is 17.5. The summed E-state index contributed by atoms with van der Waals surface area (Å²) in [6.07, 6.45) is 3.53. The normalized spacial score (nSPS) is 13.8. The lowest BCUT2D eigenvalue weighted by Crippen LogP contribution is -2.25. The molecule has 1 unspecified atom stereocenters. The summed E-state index contributed by atoms with van der Waals surface area (Å²) < 4.78 is 0. The van der Waals surface area contributed by atoms with Gasteiger partial charge < -0.3 is 5.73 Å². The second-order valence-electron chi connectivity index (χ2n) is 6.51. The molecule has 0 saturated carbocycles. The molecule has 1 atom stereocenters. The van der Waals surface area contributed by atoms with E-state index in [0.717, 1.165) is 24.5 Å². The van der Waals surface area contributed by atoms with Crippen molar-refractivity contribution >= 4 is 11.6 Å². The van der Waals surface area contributed by atoms with Gasteiger partial charge in [-0.15, -0.1) is 0 Å². The zero-order valence-corrected chi connectivity index (χ0v) is 14.1. The average Bonchev–Trinajstić information content (AvgIpc) is 2.38. The van der Waals surface area contributed by atoms with E-state index in [1.807, 2.05) is 12.1 Å². The van der Waals surface area contributed by atoms with Crippen LogP contribution in [0.3, 0.4) is 0 Å². The van der Waals surface area contributed by atoms with E-state index < -0.39 is 0 Å². The molecule has 3 heteroatoms. The van der Waals surface area contributed by atoms with E-state index >= 15 is 0 Å². The third-order valence-corrected chi connectivity index (χ3v) is 4.45. The van der Waals surface area contributed by atoms with Crippen LogP contribution in [0.2, 0.25) is 5.02 Å². The number of hydrogen-bond donors (Lipinski definition) is 1.